The monoisotopic (exact) mass is 710 g/mol. The van der Waals surface area contributed by atoms with E-state index in [-0.39, 0.29) is 0 Å². The van der Waals surface area contributed by atoms with Gasteiger partial charge in [-0.1, -0.05) is 121 Å². The van der Waals surface area contributed by atoms with Gasteiger partial charge in [0.2, 0.25) is 0 Å². The zero-order valence-corrected chi connectivity index (χ0v) is 30.1. The number of hydrogen-bond donors (Lipinski definition) is 0. The first-order valence-electron chi connectivity index (χ1n) is 19.2. The van der Waals surface area contributed by atoms with Gasteiger partial charge in [-0.3, -0.25) is 4.57 Å². The van der Waals surface area contributed by atoms with Crippen LogP contribution in [0.15, 0.2) is 182 Å². The van der Waals surface area contributed by atoms with Crippen LogP contribution in [-0.2, 0) is 0 Å². The quantitative estimate of drug-likeness (QED) is 0.183. The maximum atomic E-state index is 5.57. The van der Waals surface area contributed by atoms with E-state index in [1.165, 1.54) is 70.9 Å². The molecule has 3 aromatic heterocycles. The fourth-order valence-corrected chi connectivity index (χ4v) is 9.59. The molecule has 0 saturated heterocycles. The molecule has 56 heavy (non-hydrogen) atoms. The lowest BCUT2D eigenvalue weighted by atomic mass is 9.98. The van der Waals surface area contributed by atoms with Crippen LogP contribution >= 0.6 is 0 Å². The predicted molar refractivity (Wildman–Crippen MR) is 233 cm³/mol. The van der Waals surface area contributed by atoms with Gasteiger partial charge in [-0.15, -0.1) is 0 Å². The van der Waals surface area contributed by atoms with E-state index in [2.05, 4.69) is 185 Å². The predicted octanol–water partition coefficient (Wildman–Crippen LogP) is 13.4. The summed E-state index contributed by atoms with van der Waals surface area (Å²) in [6, 6.07) is 65.8. The van der Waals surface area contributed by atoms with Gasteiger partial charge in [-0.05, 0) is 99.1 Å². The Balaban J connectivity index is 1.18. The zero-order valence-electron chi connectivity index (χ0n) is 30.1. The summed E-state index contributed by atoms with van der Waals surface area (Å²) in [5, 5.41) is 9.72. The number of para-hydroxylation sites is 4. The van der Waals surface area contributed by atoms with Crippen molar-refractivity contribution >= 4 is 76.2 Å². The molecule has 1 aliphatic carbocycles. The third kappa shape index (κ3) is 3.97. The molecule has 0 unspecified atom stereocenters. The summed E-state index contributed by atoms with van der Waals surface area (Å²) in [5.74, 6) is 0.821. The van der Waals surface area contributed by atoms with Crippen LogP contribution in [0.3, 0.4) is 0 Å². The Kier molecular flexibility index (Phi) is 5.86. The van der Waals surface area contributed by atoms with Crippen molar-refractivity contribution in [1.82, 2.24) is 19.1 Å². The van der Waals surface area contributed by atoms with Gasteiger partial charge in [0, 0.05) is 38.2 Å². The van der Waals surface area contributed by atoms with Crippen LogP contribution in [0, 0.1) is 0 Å². The van der Waals surface area contributed by atoms with Crippen molar-refractivity contribution in [2.24, 2.45) is 0 Å². The minimum atomic E-state index is 0.821. The van der Waals surface area contributed by atoms with E-state index in [1.807, 2.05) is 6.07 Å². The van der Waals surface area contributed by atoms with Gasteiger partial charge in [0.05, 0.1) is 33.1 Å². The maximum absolute atomic E-state index is 5.57. The van der Waals surface area contributed by atoms with Gasteiger partial charge in [0.25, 0.3) is 0 Å². The van der Waals surface area contributed by atoms with Crippen molar-refractivity contribution in [3.63, 3.8) is 0 Å². The molecule has 0 aliphatic heterocycles. The second-order valence-corrected chi connectivity index (χ2v) is 15.0. The van der Waals surface area contributed by atoms with Gasteiger partial charge in [-0.2, -0.15) is 0 Å². The fourth-order valence-electron chi connectivity index (χ4n) is 9.59. The molecule has 0 atom stereocenters. The molecule has 0 spiro atoms. The number of rotatable bonds is 3. The molecule has 0 N–H and O–H groups in total. The van der Waals surface area contributed by atoms with Crippen LogP contribution in [0.2, 0.25) is 0 Å². The van der Waals surface area contributed by atoms with Gasteiger partial charge in [-0.25, -0.2) is 9.97 Å². The Morgan fingerprint density at radius 2 is 1.00 bits per heavy atom. The Labute approximate surface area is 321 Å². The molecule has 4 nitrogen and oxygen atoms in total. The van der Waals surface area contributed by atoms with E-state index in [0.29, 0.717) is 0 Å². The topological polar surface area (TPSA) is 35.6 Å². The van der Waals surface area contributed by atoms with Crippen LogP contribution in [0.25, 0.3) is 121 Å². The maximum Gasteiger partial charge on any atom is 0.165 e. The van der Waals surface area contributed by atoms with E-state index in [9.17, 15) is 0 Å². The minimum Gasteiger partial charge on any atom is -0.309 e. The molecular weight excluding hydrogens is 681 g/mol. The summed E-state index contributed by atoms with van der Waals surface area (Å²) >= 11 is 0. The molecule has 9 aromatic carbocycles. The van der Waals surface area contributed by atoms with E-state index < -0.39 is 0 Å². The van der Waals surface area contributed by atoms with Gasteiger partial charge < -0.3 is 4.57 Å². The van der Waals surface area contributed by atoms with Gasteiger partial charge >= 0.3 is 0 Å². The molecule has 0 amide bonds. The summed E-state index contributed by atoms with van der Waals surface area (Å²) in [6.45, 7) is 0. The average molecular weight is 711 g/mol. The Bertz CT molecular complexity index is 3650. The third-order valence-corrected chi connectivity index (χ3v) is 12.0. The number of aromatic nitrogens is 4. The first kappa shape index (κ1) is 29.8. The lowest BCUT2D eigenvalue weighted by molar-refractivity contribution is 1.08. The molecule has 0 saturated carbocycles. The molecular formula is C52H30N4. The number of benzene rings is 9. The highest BCUT2D eigenvalue weighted by Gasteiger charge is 2.27. The highest BCUT2D eigenvalue weighted by Crippen LogP contribution is 2.51. The zero-order chi connectivity index (χ0) is 36.5. The van der Waals surface area contributed by atoms with E-state index in [4.69, 9.17) is 9.97 Å². The van der Waals surface area contributed by atoms with E-state index in [0.717, 1.165) is 50.3 Å². The second kappa shape index (κ2) is 11.0. The molecule has 4 heteroatoms. The lowest BCUT2D eigenvalue weighted by Crippen LogP contribution is -2.04. The van der Waals surface area contributed by atoms with Gasteiger partial charge in [0.15, 0.2) is 5.82 Å². The van der Waals surface area contributed by atoms with Crippen molar-refractivity contribution in [1.29, 1.82) is 0 Å². The van der Waals surface area contributed by atoms with Crippen molar-refractivity contribution in [3.8, 4) is 45.0 Å². The average Bonchev–Trinajstić information content (AvgIpc) is 3.89. The molecule has 0 bridgehead atoms. The van der Waals surface area contributed by atoms with Crippen LogP contribution in [0.5, 0.6) is 0 Å². The first-order chi connectivity index (χ1) is 27.8. The largest absolute Gasteiger partial charge is 0.309 e. The standard InChI is InChI=1S/C52H30N4/c1-2-15-34(16-3-1)55-46-24-11-8-19-37(46)40-28-33(25-26-47(40)55)50-52(54-45-23-10-9-22-44(45)53-50)56-48-29-32-14-5-4-13-31(32)27-41(48)43-30-42-36-18-7-6-17-35(36)38-20-12-21-39(49(38)42)51(43)56/h1-30H. The van der Waals surface area contributed by atoms with E-state index >= 15 is 0 Å². The van der Waals surface area contributed by atoms with Crippen LogP contribution in [-0.4, -0.2) is 19.1 Å². The summed E-state index contributed by atoms with van der Waals surface area (Å²) in [4.78, 5) is 11.1. The van der Waals surface area contributed by atoms with Crippen molar-refractivity contribution in [2.75, 3.05) is 0 Å². The molecule has 3 heterocycles. The number of hydrogen-bond acceptors (Lipinski definition) is 2. The van der Waals surface area contributed by atoms with Gasteiger partial charge in [0.1, 0.15) is 5.69 Å². The van der Waals surface area contributed by atoms with Crippen LogP contribution in [0.1, 0.15) is 0 Å². The molecule has 258 valence electrons. The molecule has 0 radical (unpaired) electrons. The molecule has 12 aromatic rings. The molecule has 0 fully saturated rings. The summed E-state index contributed by atoms with van der Waals surface area (Å²) < 4.78 is 4.77. The Hall–Kier alpha value is -7.56. The van der Waals surface area contributed by atoms with Crippen molar-refractivity contribution in [3.05, 3.63) is 182 Å². The Morgan fingerprint density at radius 1 is 0.357 bits per heavy atom. The minimum absolute atomic E-state index is 0.821. The van der Waals surface area contributed by atoms with Crippen molar-refractivity contribution < 1.29 is 0 Å². The van der Waals surface area contributed by atoms with Crippen LogP contribution < -0.4 is 0 Å². The van der Waals surface area contributed by atoms with Crippen molar-refractivity contribution in [2.45, 2.75) is 0 Å². The number of fused-ring (bicyclic) bond motifs is 12. The normalized spacial score (nSPS) is 12.3. The molecule has 13 rings (SSSR count). The lowest BCUT2D eigenvalue weighted by Gasteiger charge is -2.15. The summed E-state index contributed by atoms with van der Waals surface area (Å²) in [6.07, 6.45) is 0. The van der Waals surface area contributed by atoms with Crippen LogP contribution in [0.4, 0.5) is 0 Å². The second-order valence-electron chi connectivity index (χ2n) is 15.0. The Morgan fingerprint density at radius 3 is 1.86 bits per heavy atom. The smallest absolute Gasteiger partial charge is 0.165 e. The fraction of sp³-hybridized carbons (Fsp3) is 0. The highest BCUT2D eigenvalue weighted by atomic mass is 15.1. The number of nitrogens with zero attached hydrogens (tertiary/aromatic N) is 4. The summed E-state index contributed by atoms with van der Waals surface area (Å²) in [7, 11) is 0. The third-order valence-electron chi connectivity index (χ3n) is 12.0. The first-order valence-corrected chi connectivity index (χ1v) is 19.2. The highest BCUT2D eigenvalue weighted by molar-refractivity contribution is 6.28. The molecule has 1 aliphatic rings. The summed E-state index contributed by atoms with van der Waals surface area (Å²) in [5.41, 5.74) is 14.5. The SMILES string of the molecule is c1ccc(-n2c3ccccc3c3cc(-c4nc5ccccc5nc4-n4c5cc6ccccc6cc5c5cc6c7c(cccc7c54)-c4ccccc4-6)ccc32)cc1. The van der Waals surface area contributed by atoms with E-state index in [1.54, 1.807) is 0 Å².